The summed E-state index contributed by atoms with van der Waals surface area (Å²) in [5.41, 5.74) is -1.06. The van der Waals surface area contributed by atoms with E-state index in [9.17, 15) is 14.7 Å². The molecule has 0 aromatic carbocycles. The zero-order valence-electron chi connectivity index (χ0n) is 10.9. The highest BCUT2D eigenvalue weighted by molar-refractivity contribution is 7.14. The van der Waals surface area contributed by atoms with E-state index >= 15 is 0 Å². The lowest BCUT2D eigenvalue weighted by Gasteiger charge is -2.25. The van der Waals surface area contributed by atoms with Crippen molar-refractivity contribution < 1.29 is 19.4 Å². The van der Waals surface area contributed by atoms with E-state index in [0.29, 0.717) is 4.88 Å². The van der Waals surface area contributed by atoms with E-state index in [2.05, 4.69) is 5.32 Å². The number of nitrogens with one attached hydrogen (secondary N) is 1. The highest BCUT2D eigenvalue weighted by Gasteiger charge is 2.47. The molecule has 2 atom stereocenters. The van der Waals surface area contributed by atoms with Crippen LogP contribution >= 0.6 is 11.3 Å². The molecule has 1 aromatic heterocycles. The average Bonchev–Trinajstić information content (AvgIpc) is 2.97. The number of aliphatic carboxylic acids is 1. The smallest absolute Gasteiger partial charge is 0.313 e. The molecule has 19 heavy (non-hydrogen) atoms. The summed E-state index contributed by atoms with van der Waals surface area (Å²) in [6.07, 6.45) is 0.886. The second-order valence-electron chi connectivity index (χ2n) is 4.88. The second kappa shape index (κ2) is 5.30. The number of ether oxygens (including phenoxy) is 1. The van der Waals surface area contributed by atoms with E-state index in [1.165, 1.54) is 11.3 Å². The van der Waals surface area contributed by atoms with Crippen LogP contribution in [-0.2, 0) is 16.0 Å². The van der Waals surface area contributed by atoms with Gasteiger partial charge in [0.1, 0.15) is 5.41 Å². The maximum Gasteiger partial charge on any atom is 0.313 e. The number of carboxylic acid groups (broad SMARTS) is 1. The summed E-state index contributed by atoms with van der Waals surface area (Å²) in [5, 5.41) is 12.0. The number of hydrogen-bond donors (Lipinski definition) is 2. The molecule has 0 spiro atoms. The Balaban J connectivity index is 2.08. The Bertz CT molecular complexity index is 499. The molecular formula is C13H17NO4S. The lowest BCUT2D eigenvalue weighted by Crippen LogP contribution is -2.49. The van der Waals surface area contributed by atoms with Crippen molar-refractivity contribution in [2.75, 3.05) is 13.2 Å². The second-order valence-corrected chi connectivity index (χ2v) is 6.05. The van der Waals surface area contributed by atoms with Gasteiger partial charge in [-0.25, -0.2) is 0 Å². The lowest BCUT2D eigenvalue weighted by molar-refractivity contribution is -0.148. The van der Waals surface area contributed by atoms with Gasteiger partial charge in [0.25, 0.3) is 5.91 Å². The van der Waals surface area contributed by atoms with E-state index in [-0.39, 0.29) is 19.1 Å². The number of carbonyl (C=O) groups is 2. The molecule has 1 amide bonds. The van der Waals surface area contributed by atoms with Gasteiger partial charge in [-0.05, 0) is 25.5 Å². The van der Waals surface area contributed by atoms with Crippen molar-refractivity contribution in [3.05, 3.63) is 21.9 Å². The highest BCUT2D eigenvalue weighted by atomic mass is 32.1. The van der Waals surface area contributed by atoms with E-state index < -0.39 is 17.4 Å². The van der Waals surface area contributed by atoms with Crippen molar-refractivity contribution in [2.45, 2.75) is 26.3 Å². The molecule has 2 unspecified atom stereocenters. The van der Waals surface area contributed by atoms with Crippen LogP contribution in [0.25, 0.3) is 0 Å². The number of carbonyl (C=O) groups excluding carboxylic acids is 1. The van der Waals surface area contributed by atoms with E-state index in [4.69, 9.17) is 4.74 Å². The van der Waals surface area contributed by atoms with Gasteiger partial charge in [-0.1, -0.05) is 6.92 Å². The quantitative estimate of drug-likeness (QED) is 0.878. The fourth-order valence-corrected chi connectivity index (χ4v) is 2.85. The Morgan fingerprint density at radius 2 is 2.32 bits per heavy atom. The normalized spacial score (nSPS) is 26.3. The Morgan fingerprint density at radius 1 is 1.58 bits per heavy atom. The van der Waals surface area contributed by atoms with Gasteiger partial charge in [0.05, 0.1) is 24.1 Å². The molecule has 5 nitrogen and oxygen atoms in total. The SMILES string of the molecule is CCc1ccc(C(=O)NC2COCC2(C)C(=O)O)s1. The number of aryl methyl sites for hydroxylation is 1. The van der Waals surface area contributed by atoms with Gasteiger partial charge in [0.15, 0.2) is 0 Å². The summed E-state index contributed by atoms with van der Waals surface area (Å²) >= 11 is 1.43. The van der Waals surface area contributed by atoms with Gasteiger partial charge < -0.3 is 15.2 Å². The Morgan fingerprint density at radius 3 is 2.89 bits per heavy atom. The number of thiophene rings is 1. The van der Waals surface area contributed by atoms with Crippen LogP contribution < -0.4 is 5.32 Å². The highest BCUT2D eigenvalue weighted by Crippen LogP contribution is 2.29. The predicted molar refractivity (Wildman–Crippen MR) is 71.5 cm³/mol. The largest absolute Gasteiger partial charge is 0.481 e. The molecule has 1 aliphatic heterocycles. The van der Waals surface area contributed by atoms with Gasteiger partial charge in [-0.15, -0.1) is 11.3 Å². The van der Waals surface area contributed by atoms with Gasteiger partial charge in [0.2, 0.25) is 0 Å². The van der Waals surface area contributed by atoms with Gasteiger partial charge in [-0.3, -0.25) is 9.59 Å². The summed E-state index contributed by atoms with van der Waals surface area (Å²) in [6, 6.07) is 3.19. The third-order valence-electron chi connectivity index (χ3n) is 3.48. The van der Waals surface area contributed by atoms with E-state index in [1.807, 2.05) is 13.0 Å². The number of amides is 1. The molecule has 0 bridgehead atoms. The van der Waals surface area contributed by atoms with Gasteiger partial charge in [-0.2, -0.15) is 0 Å². The van der Waals surface area contributed by atoms with Crippen molar-refractivity contribution in [1.82, 2.24) is 5.32 Å². The summed E-state index contributed by atoms with van der Waals surface area (Å²) in [6.45, 7) is 3.98. The molecule has 104 valence electrons. The predicted octanol–water partition coefficient (Wildman–Crippen LogP) is 1.53. The zero-order valence-corrected chi connectivity index (χ0v) is 11.8. The van der Waals surface area contributed by atoms with Crippen molar-refractivity contribution in [2.24, 2.45) is 5.41 Å². The Labute approximate surface area is 115 Å². The van der Waals surface area contributed by atoms with Crippen LogP contribution in [0.4, 0.5) is 0 Å². The van der Waals surface area contributed by atoms with E-state index in [0.717, 1.165) is 11.3 Å². The fourth-order valence-electron chi connectivity index (χ4n) is 2.00. The average molecular weight is 283 g/mol. The van der Waals surface area contributed by atoms with Crippen molar-refractivity contribution >= 4 is 23.2 Å². The first-order valence-corrected chi connectivity index (χ1v) is 6.99. The summed E-state index contributed by atoms with van der Waals surface area (Å²) in [4.78, 5) is 25.1. The number of hydrogen-bond acceptors (Lipinski definition) is 4. The van der Waals surface area contributed by atoms with Gasteiger partial charge >= 0.3 is 5.97 Å². The van der Waals surface area contributed by atoms with Crippen LogP contribution in [0.2, 0.25) is 0 Å². The van der Waals surface area contributed by atoms with Crippen molar-refractivity contribution in [1.29, 1.82) is 0 Å². The van der Waals surface area contributed by atoms with Crippen LogP contribution in [0, 0.1) is 5.41 Å². The Kier molecular flexibility index (Phi) is 3.91. The first-order chi connectivity index (χ1) is 8.97. The number of carboxylic acids is 1. The topological polar surface area (TPSA) is 75.6 Å². The fraction of sp³-hybridized carbons (Fsp3) is 0.538. The van der Waals surface area contributed by atoms with Crippen LogP contribution in [0.1, 0.15) is 28.4 Å². The van der Waals surface area contributed by atoms with Crippen molar-refractivity contribution in [3.8, 4) is 0 Å². The molecular weight excluding hydrogens is 266 g/mol. The molecule has 1 fully saturated rings. The minimum absolute atomic E-state index is 0.123. The third-order valence-corrected chi connectivity index (χ3v) is 4.71. The lowest BCUT2D eigenvalue weighted by atomic mass is 9.85. The van der Waals surface area contributed by atoms with Crippen LogP contribution in [0.5, 0.6) is 0 Å². The molecule has 1 saturated heterocycles. The molecule has 0 aliphatic carbocycles. The minimum Gasteiger partial charge on any atom is -0.481 e. The first-order valence-electron chi connectivity index (χ1n) is 6.18. The monoisotopic (exact) mass is 283 g/mol. The molecule has 2 heterocycles. The molecule has 2 rings (SSSR count). The van der Waals surface area contributed by atoms with Crippen LogP contribution in [0.15, 0.2) is 12.1 Å². The summed E-state index contributed by atoms with van der Waals surface area (Å²) in [7, 11) is 0. The molecule has 0 saturated carbocycles. The molecule has 2 N–H and O–H groups in total. The summed E-state index contributed by atoms with van der Waals surface area (Å²) < 4.78 is 5.21. The standard InChI is InChI=1S/C13H17NO4S/c1-3-8-4-5-9(19-8)11(15)14-10-6-18-7-13(10,2)12(16)17/h4-5,10H,3,6-7H2,1-2H3,(H,14,15)(H,16,17). The maximum atomic E-state index is 12.1. The molecule has 6 heteroatoms. The van der Waals surface area contributed by atoms with Crippen LogP contribution in [-0.4, -0.2) is 36.2 Å². The molecule has 1 aromatic rings. The zero-order chi connectivity index (χ0) is 14.0. The van der Waals surface area contributed by atoms with Gasteiger partial charge in [0, 0.05) is 4.88 Å². The van der Waals surface area contributed by atoms with E-state index in [1.54, 1.807) is 13.0 Å². The van der Waals surface area contributed by atoms with Crippen LogP contribution in [0.3, 0.4) is 0 Å². The Hall–Kier alpha value is -1.40. The minimum atomic E-state index is -1.06. The first kappa shape index (κ1) is 14.0. The van der Waals surface area contributed by atoms with Crippen molar-refractivity contribution in [3.63, 3.8) is 0 Å². The maximum absolute atomic E-state index is 12.1. The molecule has 1 aliphatic rings. The summed E-state index contributed by atoms with van der Waals surface area (Å²) in [5.74, 6) is -1.18. The third kappa shape index (κ3) is 2.64. The molecule has 0 radical (unpaired) electrons. The number of rotatable bonds is 4.